The van der Waals surface area contributed by atoms with Gasteiger partial charge < -0.3 is 10.4 Å². The van der Waals surface area contributed by atoms with E-state index in [1.807, 2.05) is 18.2 Å². The van der Waals surface area contributed by atoms with E-state index in [-0.39, 0.29) is 12.1 Å². The Bertz CT molecular complexity index is 386. The van der Waals surface area contributed by atoms with Gasteiger partial charge in [0, 0.05) is 4.47 Å². The number of rotatable bonds is 2. The molecule has 0 radical (unpaired) electrons. The molecule has 2 unspecified atom stereocenters. The molecule has 2 atom stereocenters. The largest absolute Gasteiger partial charge is 0.391 e. The molecule has 2 N–H and O–H groups in total. The van der Waals surface area contributed by atoms with E-state index in [2.05, 4.69) is 21.2 Å². The Morgan fingerprint density at radius 2 is 2.00 bits per heavy atom. The van der Waals surface area contributed by atoms with Crippen LogP contribution in [0, 0.1) is 0 Å². The average molecular weight is 319 g/mol. The van der Waals surface area contributed by atoms with E-state index in [0.29, 0.717) is 5.02 Å². The first-order valence-electron chi connectivity index (χ1n) is 6.06. The van der Waals surface area contributed by atoms with Crippen LogP contribution < -0.4 is 5.32 Å². The number of nitrogens with one attached hydrogen (secondary N) is 1. The van der Waals surface area contributed by atoms with Crippen molar-refractivity contribution in [2.24, 2.45) is 0 Å². The van der Waals surface area contributed by atoms with Gasteiger partial charge in [-0.1, -0.05) is 46.8 Å². The van der Waals surface area contributed by atoms with Crippen molar-refractivity contribution in [3.05, 3.63) is 27.7 Å². The van der Waals surface area contributed by atoms with Crippen molar-refractivity contribution in [2.75, 3.05) is 5.32 Å². The predicted molar refractivity (Wildman–Crippen MR) is 75.7 cm³/mol. The Balaban J connectivity index is 2.10. The number of aliphatic hydroxyl groups excluding tert-OH is 1. The van der Waals surface area contributed by atoms with Crippen LogP contribution in [-0.2, 0) is 0 Å². The Morgan fingerprint density at radius 3 is 2.82 bits per heavy atom. The lowest BCUT2D eigenvalue weighted by molar-refractivity contribution is 0.144. The van der Waals surface area contributed by atoms with Crippen LogP contribution in [0.2, 0.25) is 5.02 Å². The minimum atomic E-state index is -0.271. The summed E-state index contributed by atoms with van der Waals surface area (Å²) in [6.45, 7) is 0. The highest BCUT2D eigenvalue weighted by molar-refractivity contribution is 9.10. The van der Waals surface area contributed by atoms with Crippen LogP contribution in [0.1, 0.15) is 32.1 Å². The zero-order valence-corrected chi connectivity index (χ0v) is 12.0. The van der Waals surface area contributed by atoms with Crippen LogP contribution in [-0.4, -0.2) is 17.3 Å². The lowest BCUT2D eigenvalue weighted by atomic mass is 10.1. The maximum Gasteiger partial charge on any atom is 0.0741 e. The van der Waals surface area contributed by atoms with Gasteiger partial charge in [0.2, 0.25) is 0 Å². The summed E-state index contributed by atoms with van der Waals surface area (Å²) in [5.74, 6) is 0. The molecule has 1 fully saturated rings. The Morgan fingerprint density at radius 1 is 1.24 bits per heavy atom. The number of hydrogen-bond donors (Lipinski definition) is 2. The zero-order chi connectivity index (χ0) is 12.3. The van der Waals surface area contributed by atoms with Crippen molar-refractivity contribution in [1.29, 1.82) is 0 Å². The molecular weight excluding hydrogens is 302 g/mol. The highest BCUT2D eigenvalue weighted by atomic mass is 79.9. The second kappa shape index (κ2) is 6.07. The Labute approximate surface area is 115 Å². The van der Waals surface area contributed by atoms with E-state index in [9.17, 15) is 5.11 Å². The summed E-state index contributed by atoms with van der Waals surface area (Å²) in [5, 5.41) is 14.1. The highest BCUT2D eigenvalue weighted by Crippen LogP contribution is 2.29. The minimum Gasteiger partial charge on any atom is -0.391 e. The molecule has 0 amide bonds. The standard InChI is InChI=1S/C13H17BrClNO/c14-9-6-7-10(15)12(8-9)16-11-4-2-1-3-5-13(11)17/h6-8,11,13,16-17H,1-5H2. The highest BCUT2D eigenvalue weighted by Gasteiger charge is 2.21. The molecule has 94 valence electrons. The zero-order valence-electron chi connectivity index (χ0n) is 9.63. The predicted octanol–water partition coefficient (Wildman–Crippen LogP) is 4.21. The topological polar surface area (TPSA) is 32.3 Å². The third-order valence-electron chi connectivity index (χ3n) is 3.25. The normalized spacial score (nSPS) is 25.4. The minimum absolute atomic E-state index is 0.115. The number of benzene rings is 1. The van der Waals surface area contributed by atoms with Crippen LogP contribution in [0.5, 0.6) is 0 Å². The fourth-order valence-electron chi connectivity index (χ4n) is 2.26. The molecule has 2 nitrogen and oxygen atoms in total. The number of anilines is 1. The summed E-state index contributed by atoms with van der Waals surface area (Å²) in [4.78, 5) is 0. The molecule has 17 heavy (non-hydrogen) atoms. The van der Waals surface area contributed by atoms with Gasteiger partial charge in [-0.2, -0.15) is 0 Å². The van der Waals surface area contributed by atoms with Gasteiger partial charge in [-0.15, -0.1) is 0 Å². The molecule has 4 heteroatoms. The number of halogens is 2. The molecular formula is C13H17BrClNO. The smallest absolute Gasteiger partial charge is 0.0741 e. The van der Waals surface area contributed by atoms with E-state index >= 15 is 0 Å². The van der Waals surface area contributed by atoms with Crippen LogP contribution in [0.3, 0.4) is 0 Å². The van der Waals surface area contributed by atoms with Crippen molar-refractivity contribution < 1.29 is 5.11 Å². The van der Waals surface area contributed by atoms with Crippen molar-refractivity contribution in [3.8, 4) is 0 Å². The van der Waals surface area contributed by atoms with E-state index in [0.717, 1.165) is 29.4 Å². The van der Waals surface area contributed by atoms with E-state index in [1.165, 1.54) is 12.8 Å². The summed E-state index contributed by atoms with van der Waals surface area (Å²) in [7, 11) is 0. The van der Waals surface area contributed by atoms with Gasteiger partial charge >= 0.3 is 0 Å². The van der Waals surface area contributed by atoms with Gasteiger partial charge in [0.1, 0.15) is 0 Å². The molecule has 1 aliphatic rings. The number of aliphatic hydroxyl groups is 1. The fourth-order valence-corrected chi connectivity index (χ4v) is 2.80. The molecule has 0 heterocycles. The quantitative estimate of drug-likeness (QED) is 0.801. The molecule has 0 aromatic heterocycles. The second-order valence-electron chi connectivity index (χ2n) is 4.58. The van der Waals surface area contributed by atoms with Crippen molar-refractivity contribution in [1.82, 2.24) is 0 Å². The molecule has 1 aliphatic carbocycles. The van der Waals surface area contributed by atoms with Gasteiger partial charge in [-0.3, -0.25) is 0 Å². The lowest BCUT2D eigenvalue weighted by Gasteiger charge is -2.23. The molecule has 2 rings (SSSR count). The maximum absolute atomic E-state index is 10.1. The SMILES string of the molecule is OC1CCCCCC1Nc1cc(Br)ccc1Cl. The van der Waals surface area contributed by atoms with Crippen LogP contribution in [0.15, 0.2) is 22.7 Å². The summed E-state index contributed by atoms with van der Waals surface area (Å²) >= 11 is 9.57. The molecule has 0 aliphatic heterocycles. The third-order valence-corrected chi connectivity index (χ3v) is 4.07. The molecule has 0 saturated heterocycles. The first kappa shape index (κ1) is 13.2. The molecule has 0 bridgehead atoms. The third kappa shape index (κ3) is 3.60. The van der Waals surface area contributed by atoms with E-state index in [4.69, 9.17) is 11.6 Å². The monoisotopic (exact) mass is 317 g/mol. The van der Waals surface area contributed by atoms with Gasteiger partial charge in [-0.25, -0.2) is 0 Å². The van der Waals surface area contributed by atoms with Gasteiger partial charge in [-0.05, 0) is 31.0 Å². The maximum atomic E-state index is 10.1. The first-order valence-corrected chi connectivity index (χ1v) is 7.23. The van der Waals surface area contributed by atoms with Gasteiger partial charge in [0.25, 0.3) is 0 Å². The first-order chi connectivity index (χ1) is 8.16. The second-order valence-corrected chi connectivity index (χ2v) is 5.90. The van der Waals surface area contributed by atoms with Gasteiger partial charge in [0.15, 0.2) is 0 Å². The van der Waals surface area contributed by atoms with E-state index < -0.39 is 0 Å². The summed E-state index contributed by atoms with van der Waals surface area (Å²) < 4.78 is 0.993. The van der Waals surface area contributed by atoms with E-state index in [1.54, 1.807) is 0 Å². The molecule has 1 aromatic rings. The van der Waals surface area contributed by atoms with Crippen LogP contribution in [0.4, 0.5) is 5.69 Å². The average Bonchev–Trinajstić information content (AvgIpc) is 2.50. The Kier molecular flexibility index (Phi) is 4.71. The fraction of sp³-hybridized carbons (Fsp3) is 0.538. The lowest BCUT2D eigenvalue weighted by Crippen LogP contribution is -2.32. The van der Waals surface area contributed by atoms with Crippen LogP contribution >= 0.6 is 27.5 Å². The molecule has 1 aromatic carbocycles. The Hall–Kier alpha value is -0.250. The number of hydrogen-bond acceptors (Lipinski definition) is 2. The summed E-state index contributed by atoms with van der Waals surface area (Å²) in [6, 6.07) is 5.85. The van der Waals surface area contributed by atoms with Gasteiger partial charge in [0.05, 0.1) is 22.9 Å². The van der Waals surface area contributed by atoms with Crippen molar-refractivity contribution in [3.63, 3.8) is 0 Å². The summed E-state index contributed by atoms with van der Waals surface area (Å²) in [6.07, 6.45) is 5.10. The summed E-state index contributed by atoms with van der Waals surface area (Å²) in [5.41, 5.74) is 0.895. The van der Waals surface area contributed by atoms with Crippen molar-refractivity contribution >= 4 is 33.2 Å². The van der Waals surface area contributed by atoms with Crippen LogP contribution in [0.25, 0.3) is 0 Å². The van der Waals surface area contributed by atoms with Crippen molar-refractivity contribution in [2.45, 2.75) is 44.2 Å². The molecule has 1 saturated carbocycles. The molecule has 0 spiro atoms.